The van der Waals surface area contributed by atoms with Gasteiger partial charge < -0.3 is 10.1 Å². The van der Waals surface area contributed by atoms with Gasteiger partial charge in [-0.05, 0) is 18.3 Å². The average Bonchev–Trinajstić information content (AvgIpc) is 2.53. The highest BCUT2D eigenvalue weighted by Crippen LogP contribution is 2.41. The molecule has 0 bridgehead atoms. The Morgan fingerprint density at radius 1 is 1.47 bits per heavy atom. The molecule has 0 aromatic carbocycles. The lowest BCUT2D eigenvalue weighted by atomic mass is 9.86. The first kappa shape index (κ1) is 16.3. The number of alkyl halides is 1. The standard InChI is InChI=1S/C15H24ClNO2/c1-7-15(16)13(17-11(6)18)12(8-9(2)3)19-14(15)10(4)5/h1,9-10,12-14H,8H2,2-6H3,(H,17,18)/t12-,13+,14+,15-/m1/s1. The maximum Gasteiger partial charge on any atom is 0.217 e. The van der Waals surface area contributed by atoms with E-state index >= 15 is 0 Å². The van der Waals surface area contributed by atoms with Crippen molar-refractivity contribution in [3.63, 3.8) is 0 Å². The second-order valence-corrected chi connectivity index (χ2v) is 6.68. The molecule has 0 aliphatic carbocycles. The molecule has 108 valence electrons. The van der Waals surface area contributed by atoms with E-state index in [1.54, 1.807) is 0 Å². The summed E-state index contributed by atoms with van der Waals surface area (Å²) in [4.78, 5) is 10.4. The van der Waals surface area contributed by atoms with Crippen molar-refractivity contribution in [1.29, 1.82) is 0 Å². The van der Waals surface area contributed by atoms with E-state index in [0.29, 0.717) is 5.92 Å². The molecule has 1 rings (SSSR count). The molecule has 0 radical (unpaired) electrons. The molecule has 1 aliphatic rings. The predicted octanol–water partition coefficient (Wildman–Crippen LogP) is 2.57. The number of terminal acetylenes is 1. The van der Waals surface area contributed by atoms with Gasteiger partial charge in [0.2, 0.25) is 5.91 Å². The number of hydrogen-bond donors (Lipinski definition) is 1. The topological polar surface area (TPSA) is 38.3 Å². The van der Waals surface area contributed by atoms with Gasteiger partial charge in [-0.25, -0.2) is 0 Å². The maximum atomic E-state index is 11.4. The van der Waals surface area contributed by atoms with Crippen LogP contribution in [0.1, 0.15) is 41.0 Å². The Bertz CT molecular complexity index is 375. The fourth-order valence-electron chi connectivity index (χ4n) is 2.70. The molecule has 0 aromatic heterocycles. The predicted molar refractivity (Wildman–Crippen MR) is 78.0 cm³/mol. The number of carbonyl (C=O) groups excluding carboxylic acids is 1. The smallest absolute Gasteiger partial charge is 0.217 e. The molecule has 19 heavy (non-hydrogen) atoms. The number of nitrogens with one attached hydrogen (secondary N) is 1. The second-order valence-electron chi connectivity index (χ2n) is 6.06. The summed E-state index contributed by atoms with van der Waals surface area (Å²) in [6.07, 6.45) is 6.08. The summed E-state index contributed by atoms with van der Waals surface area (Å²) in [6.45, 7) is 9.76. The highest BCUT2D eigenvalue weighted by molar-refractivity contribution is 6.27. The zero-order chi connectivity index (χ0) is 14.8. The first-order valence-corrected chi connectivity index (χ1v) is 7.19. The molecule has 1 N–H and O–H groups in total. The second kappa shape index (κ2) is 6.15. The van der Waals surface area contributed by atoms with Crippen molar-refractivity contribution in [2.24, 2.45) is 11.8 Å². The third kappa shape index (κ3) is 3.43. The molecule has 4 heteroatoms. The molecule has 0 unspecified atom stereocenters. The lowest BCUT2D eigenvalue weighted by molar-refractivity contribution is -0.120. The van der Waals surface area contributed by atoms with E-state index in [1.807, 2.05) is 13.8 Å². The number of ether oxygens (including phenoxy) is 1. The molecular weight excluding hydrogens is 262 g/mol. The SMILES string of the molecule is C#C[C@]1(Cl)[C@H](C(C)C)O[C@H](CC(C)C)[C@@H]1NC(C)=O. The van der Waals surface area contributed by atoms with E-state index in [0.717, 1.165) is 6.42 Å². The van der Waals surface area contributed by atoms with Crippen LogP contribution in [0.15, 0.2) is 0 Å². The van der Waals surface area contributed by atoms with Crippen LogP contribution in [0.25, 0.3) is 0 Å². The van der Waals surface area contributed by atoms with Crippen molar-refractivity contribution in [2.45, 2.75) is 64.2 Å². The quantitative estimate of drug-likeness (QED) is 0.637. The van der Waals surface area contributed by atoms with E-state index in [9.17, 15) is 4.79 Å². The molecule has 1 amide bonds. The molecule has 3 nitrogen and oxygen atoms in total. The first-order chi connectivity index (χ1) is 8.72. The van der Waals surface area contributed by atoms with Gasteiger partial charge in [-0.2, -0.15) is 0 Å². The fraction of sp³-hybridized carbons (Fsp3) is 0.800. The van der Waals surface area contributed by atoms with Crippen molar-refractivity contribution in [3.8, 4) is 12.3 Å². The molecular formula is C15H24ClNO2. The Morgan fingerprint density at radius 2 is 2.05 bits per heavy atom. The van der Waals surface area contributed by atoms with Crippen LogP contribution in [0.3, 0.4) is 0 Å². The van der Waals surface area contributed by atoms with Crippen LogP contribution >= 0.6 is 11.6 Å². The van der Waals surface area contributed by atoms with Crippen LogP contribution in [0, 0.1) is 24.2 Å². The van der Waals surface area contributed by atoms with Crippen LogP contribution in [0.2, 0.25) is 0 Å². The number of carbonyl (C=O) groups is 1. The van der Waals surface area contributed by atoms with E-state index < -0.39 is 4.87 Å². The van der Waals surface area contributed by atoms with Gasteiger partial charge in [-0.3, -0.25) is 4.79 Å². The van der Waals surface area contributed by atoms with E-state index in [4.69, 9.17) is 22.8 Å². The van der Waals surface area contributed by atoms with Crippen molar-refractivity contribution >= 4 is 17.5 Å². The van der Waals surface area contributed by atoms with Gasteiger partial charge in [0.1, 0.15) is 0 Å². The third-order valence-electron chi connectivity index (χ3n) is 3.45. The summed E-state index contributed by atoms with van der Waals surface area (Å²) in [5, 5.41) is 2.89. The van der Waals surface area contributed by atoms with E-state index in [2.05, 4.69) is 25.1 Å². The monoisotopic (exact) mass is 285 g/mol. The molecule has 1 aliphatic heterocycles. The maximum absolute atomic E-state index is 11.4. The Kier molecular flexibility index (Phi) is 5.29. The van der Waals surface area contributed by atoms with Crippen LogP contribution in [-0.2, 0) is 9.53 Å². The largest absolute Gasteiger partial charge is 0.370 e. The fourth-order valence-corrected chi connectivity index (χ4v) is 3.20. The highest BCUT2D eigenvalue weighted by Gasteiger charge is 2.56. The summed E-state index contributed by atoms with van der Waals surface area (Å²) in [6, 6.07) is -0.341. The molecule has 1 saturated heterocycles. The summed E-state index contributed by atoms with van der Waals surface area (Å²) >= 11 is 6.63. The van der Waals surface area contributed by atoms with Crippen LogP contribution in [-0.4, -0.2) is 29.0 Å². The minimum absolute atomic E-state index is 0.132. The minimum Gasteiger partial charge on any atom is -0.370 e. The lowest BCUT2D eigenvalue weighted by Gasteiger charge is -2.30. The van der Waals surface area contributed by atoms with E-state index in [1.165, 1.54) is 6.92 Å². The van der Waals surface area contributed by atoms with Gasteiger partial charge in [0, 0.05) is 6.92 Å². The van der Waals surface area contributed by atoms with Gasteiger partial charge in [0.25, 0.3) is 0 Å². The molecule has 1 fully saturated rings. The van der Waals surface area contributed by atoms with Gasteiger partial charge in [-0.15, -0.1) is 6.42 Å². The molecule has 4 atom stereocenters. The minimum atomic E-state index is -0.973. The van der Waals surface area contributed by atoms with Crippen LogP contribution < -0.4 is 5.32 Å². The molecule has 1 heterocycles. The third-order valence-corrected chi connectivity index (χ3v) is 4.01. The van der Waals surface area contributed by atoms with Crippen LogP contribution in [0.5, 0.6) is 0 Å². The average molecular weight is 286 g/mol. The normalized spacial score (nSPS) is 34.6. The Hall–Kier alpha value is -0.720. The zero-order valence-electron chi connectivity index (χ0n) is 12.4. The molecule has 0 saturated carbocycles. The van der Waals surface area contributed by atoms with Gasteiger partial charge in [-0.1, -0.05) is 45.2 Å². The van der Waals surface area contributed by atoms with Gasteiger partial charge >= 0.3 is 0 Å². The lowest BCUT2D eigenvalue weighted by Crippen LogP contribution is -2.53. The van der Waals surface area contributed by atoms with Gasteiger partial charge in [0.05, 0.1) is 18.2 Å². The van der Waals surface area contributed by atoms with Crippen molar-refractivity contribution < 1.29 is 9.53 Å². The van der Waals surface area contributed by atoms with Crippen molar-refractivity contribution in [1.82, 2.24) is 5.32 Å². The first-order valence-electron chi connectivity index (χ1n) is 6.81. The molecule has 0 aromatic rings. The summed E-state index contributed by atoms with van der Waals surface area (Å²) in [5.74, 6) is 3.17. The highest BCUT2D eigenvalue weighted by atomic mass is 35.5. The van der Waals surface area contributed by atoms with Crippen molar-refractivity contribution in [3.05, 3.63) is 0 Å². The number of hydrogen-bond acceptors (Lipinski definition) is 2. The zero-order valence-corrected chi connectivity index (χ0v) is 13.1. The van der Waals surface area contributed by atoms with Gasteiger partial charge in [0.15, 0.2) is 4.87 Å². The Labute approximate surface area is 121 Å². The Morgan fingerprint density at radius 3 is 2.42 bits per heavy atom. The van der Waals surface area contributed by atoms with Crippen molar-refractivity contribution in [2.75, 3.05) is 0 Å². The summed E-state index contributed by atoms with van der Waals surface area (Å²) in [5.41, 5.74) is 0. The number of rotatable bonds is 4. The number of amides is 1. The summed E-state index contributed by atoms with van der Waals surface area (Å²) < 4.78 is 6.06. The summed E-state index contributed by atoms with van der Waals surface area (Å²) in [7, 11) is 0. The number of halogens is 1. The van der Waals surface area contributed by atoms with Crippen LogP contribution in [0.4, 0.5) is 0 Å². The molecule has 0 spiro atoms. The van der Waals surface area contributed by atoms with E-state index in [-0.39, 0.29) is 30.1 Å². The Balaban J connectivity index is 3.07.